The van der Waals surface area contributed by atoms with Crippen LogP contribution in [0.3, 0.4) is 0 Å². The van der Waals surface area contributed by atoms with Crippen LogP contribution in [0.2, 0.25) is 0 Å². The minimum atomic E-state index is 0.000954. The monoisotopic (exact) mass is 397 g/mol. The van der Waals surface area contributed by atoms with E-state index in [1.165, 1.54) is 44.9 Å². The number of rotatable bonds is 7. The molecule has 1 saturated heterocycles. The van der Waals surface area contributed by atoms with Crippen LogP contribution in [0.15, 0.2) is 30.3 Å². The summed E-state index contributed by atoms with van der Waals surface area (Å²) in [6.45, 7) is 3.08. The van der Waals surface area contributed by atoms with E-state index in [0.717, 1.165) is 31.0 Å². The van der Waals surface area contributed by atoms with Gasteiger partial charge in [0.2, 0.25) is 11.8 Å². The van der Waals surface area contributed by atoms with E-state index < -0.39 is 0 Å². The molecule has 2 saturated carbocycles. The molecule has 1 N–H and O–H groups in total. The lowest BCUT2D eigenvalue weighted by Crippen LogP contribution is -2.47. The fourth-order valence-electron chi connectivity index (χ4n) is 4.91. The maximum atomic E-state index is 12.9. The van der Waals surface area contributed by atoms with E-state index in [9.17, 15) is 9.59 Å². The molecule has 0 radical (unpaired) electrons. The average Bonchev–Trinajstić information content (AvgIpc) is 3.60. The fraction of sp³-hybridized carbons (Fsp3) is 0.667. The second-order valence-electron chi connectivity index (χ2n) is 9.17. The van der Waals surface area contributed by atoms with E-state index in [0.29, 0.717) is 25.7 Å². The molecule has 0 atom stereocenters. The molecule has 3 aliphatic rings. The molecule has 0 aromatic heterocycles. The summed E-state index contributed by atoms with van der Waals surface area (Å²) in [4.78, 5) is 29.9. The lowest BCUT2D eigenvalue weighted by atomic mass is 9.89. The number of piperidine rings is 1. The van der Waals surface area contributed by atoms with Gasteiger partial charge in [-0.3, -0.25) is 14.5 Å². The molecule has 5 nitrogen and oxygen atoms in total. The molecular weight excluding hydrogens is 362 g/mol. The maximum absolute atomic E-state index is 12.9. The van der Waals surface area contributed by atoms with Gasteiger partial charge < -0.3 is 10.2 Å². The van der Waals surface area contributed by atoms with Crippen molar-refractivity contribution in [1.82, 2.24) is 9.80 Å². The molecule has 0 unspecified atom stereocenters. The van der Waals surface area contributed by atoms with Crippen molar-refractivity contribution < 1.29 is 9.59 Å². The molecule has 5 heteroatoms. The second-order valence-corrected chi connectivity index (χ2v) is 9.17. The Morgan fingerprint density at radius 1 is 0.931 bits per heavy atom. The van der Waals surface area contributed by atoms with Crippen molar-refractivity contribution in [3.05, 3.63) is 30.3 Å². The summed E-state index contributed by atoms with van der Waals surface area (Å²) in [6.07, 6.45) is 10.8. The molecule has 1 aromatic carbocycles. The van der Waals surface area contributed by atoms with Gasteiger partial charge in [-0.15, -0.1) is 0 Å². The molecule has 158 valence electrons. The lowest BCUT2D eigenvalue weighted by Gasteiger charge is -2.34. The topological polar surface area (TPSA) is 52.7 Å². The average molecular weight is 398 g/mol. The molecule has 1 aliphatic heterocycles. The number of hydrogen-bond acceptors (Lipinski definition) is 3. The van der Waals surface area contributed by atoms with Crippen molar-refractivity contribution in [2.24, 2.45) is 11.8 Å². The third-order valence-corrected chi connectivity index (χ3v) is 6.88. The summed E-state index contributed by atoms with van der Waals surface area (Å²) < 4.78 is 0. The number of carbonyl (C=O) groups is 2. The van der Waals surface area contributed by atoms with Gasteiger partial charge in [-0.1, -0.05) is 37.5 Å². The quantitative estimate of drug-likeness (QED) is 0.759. The van der Waals surface area contributed by atoms with Gasteiger partial charge in [0.05, 0.1) is 6.54 Å². The largest absolute Gasteiger partial charge is 0.342 e. The van der Waals surface area contributed by atoms with Gasteiger partial charge in [0.15, 0.2) is 0 Å². The number of anilines is 1. The van der Waals surface area contributed by atoms with Crippen LogP contribution in [0.4, 0.5) is 5.69 Å². The Kier molecular flexibility index (Phi) is 6.86. The third kappa shape index (κ3) is 5.81. The van der Waals surface area contributed by atoms with Crippen LogP contribution in [0.5, 0.6) is 0 Å². The number of carbonyl (C=O) groups excluding carboxylic acids is 2. The molecule has 2 amide bonds. The van der Waals surface area contributed by atoms with Crippen LogP contribution in [0.25, 0.3) is 0 Å². The Morgan fingerprint density at radius 3 is 2.28 bits per heavy atom. The molecule has 2 aliphatic carbocycles. The number of para-hydroxylation sites is 1. The van der Waals surface area contributed by atoms with Gasteiger partial charge in [0, 0.05) is 37.3 Å². The standard InChI is InChI=1S/C24H35N3O2/c28-23(18-27(22-11-12-22)17-19-7-3-1-4-8-19)26-15-13-20(14-16-26)24(29)25-21-9-5-2-6-10-21/h2,5-6,9-10,19-20,22H,1,3-4,7-8,11-18H2,(H,25,29). The van der Waals surface area contributed by atoms with Crippen molar-refractivity contribution >= 4 is 17.5 Å². The van der Waals surface area contributed by atoms with Gasteiger partial charge in [-0.05, 0) is 56.6 Å². The van der Waals surface area contributed by atoms with Crippen LogP contribution in [0, 0.1) is 11.8 Å². The fourth-order valence-corrected chi connectivity index (χ4v) is 4.91. The summed E-state index contributed by atoms with van der Waals surface area (Å²) >= 11 is 0. The highest BCUT2D eigenvalue weighted by atomic mass is 16.2. The zero-order valence-electron chi connectivity index (χ0n) is 17.5. The molecule has 1 heterocycles. The SMILES string of the molecule is O=C(Nc1ccccc1)C1CCN(C(=O)CN(CC2CCCCC2)C2CC2)CC1. The smallest absolute Gasteiger partial charge is 0.236 e. The van der Waals surface area contributed by atoms with Crippen molar-refractivity contribution in [2.75, 3.05) is 31.5 Å². The van der Waals surface area contributed by atoms with E-state index in [1.54, 1.807) is 0 Å². The number of nitrogens with zero attached hydrogens (tertiary/aromatic N) is 2. The molecule has 3 fully saturated rings. The summed E-state index contributed by atoms with van der Waals surface area (Å²) in [5.41, 5.74) is 0.846. The summed E-state index contributed by atoms with van der Waals surface area (Å²) in [7, 11) is 0. The predicted molar refractivity (Wildman–Crippen MR) is 116 cm³/mol. The van der Waals surface area contributed by atoms with E-state index in [1.807, 2.05) is 35.2 Å². The number of likely N-dealkylation sites (tertiary alicyclic amines) is 1. The maximum Gasteiger partial charge on any atom is 0.236 e. The highest BCUT2D eigenvalue weighted by Crippen LogP contribution is 2.31. The van der Waals surface area contributed by atoms with Crippen LogP contribution in [-0.2, 0) is 9.59 Å². The van der Waals surface area contributed by atoms with E-state index in [-0.39, 0.29) is 17.7 Å². The first-order valence-electron chi connectivity index (χ1n) is 11.6. The number of amides is 2. The number of hydrogen-bond donors (Lipinski definition) is 1. The number of benzene rings is 1. The van der Waals surface area contributed by atoms with E-state index in [4.69, 9.17) is 0 Å². The first kappa shape index (κ1) is 20.4. The van der Waals surface area contributed by atoms with Gasteiger partial charge in [0.25, 0.3) is 0 Å². The zero-order valence-corrected chi connectivity index (χ0v) is 17.5. The van der Waals surface area contributed by atoms with Gasteiger partial charge >= 0.3 is 0 Å². The minimum absolute atomic E-state index is 0.000954. The van der Waals surface area contributed by atoms with Crippen LogP contribution in [-0.4, -0.2) is 53.8 Å². The highest BCUT2D eigenvalue weighted by Gasteiger charge is 2.34. The molecular formula is C24H35N3O2. The van der Waals surface area contributed by atoms with Crippen molar-refractivity contribution in [3.8, 4) is 0 Å². The molecule has 1 aromatic rings. The Bertz CT molecular complexity index is 675. The Hall–Kier alpha value is -1.88. The predicted octanol–water partition coefficient (Wildman–Crippen LogP) is 3.91. The minimum Gasteiger partial charge on any atom is -0.342 e. The normalized spacial score (nSPS) is 21.3. The van der Waals surface area contributed by atoms with Gasteiger partial charge in [-0.25, -0.2) is 0 Å². The first-order chi connectivity index (χ1) is 14.2. The number of nitrogens with one attached hydrogen (secondary N) is 1. The van der Waals surface area contributed by atoms with Gasteiger partial charge in [-0.2, -0.15) is 0 Å². The summed E-state index contributed by atoms with van der Waals surface area (Å²) in [5.74, 6) is 1.13. The Balaban J connectivity index is 1.23. The van der Waals surface area contributed by atoms with Crippen molar-refractivity contribution in [3.63, 3.8) is 0 Å². The molecule has 0 bridgehead atoms. The molecule has 4 rings (SSSR count). The molecule has 0 spiro atoms. The van der Waals surface area contributed by atoms with E-state index >= 15 is 0 Å². The van der Waals surface area contributed by atoms with Crippen LogP contribution in [0.1, 0.15) is 57.8 Å². The van der Waals surface area contributed by atoms with Crippen LogP contribution >= 0.6 is 0 Å². The zero-order chi connectivity index (χ0) is 20.1. The Labute approximate surface area is 174 Å². The van der Waals surface area contributed by atoms with E-state index in [2.05, 4.69) is 10.2 Å². The summed E-state index contributed by atoms with van der Waals surface area (Å²) in [6, 6.07) is 10.3. The van der Waals surface area contributed by atoms with Crippen molar-refractivity contribution in [2.45, 2.75) is 63.8 Å². The first-order valence-corrected chi connectivity index (χ1v) is 11.6. The molecule has 29 heavy (non-hydrogen) atoms. The van der Waals surface area contributed by atoms with Crippen LogP contribution < -0.4 is 5.32 Å². The third-order valence-electron chi connectivity index (χ3n) is 6.88. The lowest BCUT2D eigenvalue weighted by molar-refractivity contribution is -0.135. The van der Waals surface area contributed by atoms with Gasteiger partial charge in [0.1, 0.15) is 0 Å². The van der Waals surface area contributed by atoms with Crippen molar-refractivity contribution in [1.29, 1.82) is 0 Å². The Morgan fingerprint density at radius 2 is 1.62 bits per heavy atom. The summed E-state index contributed by atoms with van der Waals surface area (Å²) in [5, 5.41) is 3.01. The second kappa shape index (κ2) is 9.75. The highest BCUT2D eigenvalue weighted by molar-refractivity contribution is 5.92.